The van der Waals surface area contributed by atoms with Crippen molar-refractivity contribution in [2.75, 3.05) is 19.7 Å². The van der Waals surface area contributed by atoms with Crippen molar-refractivity contribution >= 4 is 28.7 Å². The Kier molecular flexibility index (Phi) is 5.90. The van der Waals surface area contributed by atoms with E-state index in [1.165, 1.54) is 23.5 Å². The van der Waals surface area contributed by atoms with E-state index in [0.29, 0.717) is 18.0 Å². The van der Waals surface area contributed by atoms with E-state index < -0.39 is 23.6 Å². The van der Waals surface area contributed by atoms with Gasteiger partial charge in [-0.15, -0.1) is 11.3 Å². The topological polar surface area (TPSA) is 60.9 Å². The number of nitrogens with zero attached hydrogens (tertiary/aromatic N) is 2. The number of carbonyl (C=O) groups is 2. The van der Waals surface area contributed by atoms with Crippen molar-refractivity contribution < 1.29 is 27.9 Å². The number of carbonyl (C=O) groups excluding carboxylic acids is 2. The predicted octanol–water partition coefficient (Wildman–Crippen LogP) is 3.75. The van der Waals surface area contributed by atoms with Gasteiger partial charge in [0, 0.05) is 24.6 Å². The van der Waals surface area contributed by atoms with Gasteiger partial charge in [0.25, 0.3) is 11.8 Å². The van der Waals surface area contributed by atoms with Gasteiger partial charge >= 0.3 is 6.18 Å². The van der Waals surface area contributed by atoms with Crippen LogP contribution in [0.15, 0.2) is 47.5 Å². The third-order valence-electron chi connectivity index (χ3n) is 5.60. The fourth-order valence-electron chi connectivity index (χ4n) is 4.09. The lowest BCUT2D eigenvalue weighted by atomic mass is 9.98. The Labute approximate surface area is 181 Å². The Hall–Kier alpha value is -2.65. The Morgan fingerprint density at radius 1 is 1.13 bits per heavy atom. The molecule has 2 aliphatic heterocycles. The number of alkyl halides is 3. The summed E-state index contributed by atoms with van der Waals surface area (Å²) in [5.41, 5.74) is -0.0316. The minimum absolute atomic E-state index is 0.00575. The lowest BCUT2D eigenvalue weighted by Gasteiger charge is -2.34. The molecule has 1 aromatic heterocycles. The molecule has 4 rings (SSSR count). The van der Waals surface area contributed by atoms with Crippen molar-refractivity contribution in [2.45, 2.75) is 25.6 Å². The zero-order chi connectivity index (χ0) is 22.2. The first-order chi connectivity index (χ1) is 14.8. The van der Waals surface area contributed by atoms with Crippen LogP contribution in [0.3, 0.4) is 0 Å². The first-order valence-corrected chi connectivity index (χ1v) is 10.8. The number of aliphatic hydroxyl groups excluding tert-OH is 1. The van der Waals surface area contributed by atoms with Crippen LogP contribution in [0.1, 0.15) is 28.8 Å². The number of benzene rings is 1. The summed E-state index contributed by atoms with van der Waals surface area (Å²) in [6, 6.07) is 8.21. The van der Waals surface area contributed by atoms with E-state index in [-0.39, 0.29) is 35.9 Å². The minimum atomic E-state index is -4.51. The zero-order valence-electron chi connectivity index (χ0n) is 16.6. The second-order valence-corrected chi connectivity index (χ2v) is 8.68. The number of rotatable bonds is 5. The summed E-state index contributed by atoms with van der Waals surface area (Å²) in [6.07, 6.45) is -2.89. The van der Waals surface area contributed by atoms with Gasteiger partial charge in [0.15, 0.2) is 0 Å². The lowest BCUT2D eigenvalue weighted by Crippen LogP contribution is -2.40. The van der Waals surface area contributed by atoms with Gasteiger partial charge in [0.2, 0.25) is 0 Å². The number of hydrogen-bond acceptors (Lipinski definition) is 5. The summed E-state index contributed by atoms with van der Waals surface area (Å²) in [6.45, 7) is 0.791. The molecule has 3 heterocycles. The number of halogens is 3. The maximum Gasteiger partial charge on any atom is 0.416 e. The molecule has 1 aromatic carbocycles. The Morgan fingerprint density at radius 3 is 2.61 bits per heavy atom. The van der Waals surface area contributed by atoms with Crippen LogP contribution < -0.4 is 0 Å². The van der Waals surface area contributed by atoms with Crippen LogP contribution in [0.5, 0.6) is 0 Å². The molecule has 2 amide bonds. The summed E-state index contributed by atoms with van der Waals surface area (Å²) in [7, 11) is 0. The van der Waals surface area contributed by atoms with Crippen molar-refractivity contribution in [3.05, 3.63) is 63.5 Å². The predicted molar refractivity (Wildman–Crippen MR) is 110 cm³/mol. The standard InChI is InChI=1S/C22H21F3N2O3S/c23-22(24,25)16-6-1-4-14(10-16)12-27-20(29)18(17-7-3-9-31-17)19(21(27)30)26-8-2-5-15(11-26)13-28/h1,3-4,6-7,9-10,15,28H,2,5,8,11-13H2. The molecule has 2 aromatic rings. The molecular weight excluding hydrogens is 429 g/mol. The average molecular weight is 450 g/mol. The van der Waals surface area contributed by atoms with Gasteiger partial charge in [0.1, 0.15) is 5.70 Å². The molecule has 0 radical (unpaired) electrons. The van der Waals surface area contributed by atoms with E-state index in [9.17, 15) is 27.9 Å². The van der Waals surface area contributed by atoms with Gasteiger partial charge in [0.05, 0.1) is 17.7 Å². The van der Waals surface area contributed by atoms with Gasteiger partial charge in [-0.1, -0.05) is 18.2 Å². The second kappa shape index (κ2) is 8.47. The second-order valence-electron chi connectivity index (χ2n) is 7.73. The van der Waals surface area contributed by atoms with Gasteiger partial charge in [-0.05, 0) is 47.9 Å². The summed E-state index contributed by atoms with van der Waals surface area (Å²) < 4.78 is 39.2. The first kappa shape index (κ1) is 21.6. The van der Waals surface area contributed by atoms with Crippen molar-refractivity contribution in [2.24, 2.45) is 5.92 Å². The third kappa shape index (κ3) is 4.24. The van der Waals surface area contributed by atoms with E-state index in [0.717, 1.165) is 29.9 Å². The SMILES string of the molecule is O=C1C(c2cccs2)=C(N2CCCC(CO)C2)C(=O)N1Cc1cccc(C(F)(F)F)c1. The summed E-state index contributed by atoms with van der Waals surface area (Å²) >= 11 is 1.33. The zero-order valence-corrected chi connectivity index (χ0v) is 17.4. The summed E-state index contributed by atoms with van der Waals surface area (Å²) in [5, 5.41) is 11.4. The highest BCUT2D eigenvalue weighted by Crippen LogP contribution is 2.37. The molecule has 0 saturated carbocycles. The highest BCUT2D eigenvalue weighted by molar-refractivity contribution is 7.11. The molecule has 2 aliphatic rings. The van der Waals surface area contributed by atoms with Crippen molar-refractivity contribution in [3.8, 4) is 0 Å². The number of imide groups is 1. The first-order valence-electron chi connectivity index (χ1n) is 9.96. The molecule has 1 N–H and O–H groups in total. The molecule has 31 heavy (non-hydrogen) atoms. The normalized spacial score (nSPS) is 20.2. The largest absolute Gasteiger partial charge is 0.416 e. The molecular formula is C22H21F3N2O3S. The van der Waals surface area contributed by atoms with Crippen molar-refractivity contribution in [1.29, 1.82) is 0 Å². The van der Waals surface area contributed by atoms with Gasteiger partial charge in [-0.2, -0.15) is 13.2 Å². The van der Waals surface area contributed by atoms with E-state index in [2.05, 4.69) is 0 Å². The fraction of sp³-hybridized carbons (Fsp3) is 0.364. The number of likely N-dealkylation sites (tertiary alicyclic amines) is 1. The lowest BCUT2D eigenvalue weighted by molar-refractivity contribution is -0.138. The smallest absolute Gasteiger partial charge is 0.396 e. The van der Waals surface area contributed by atoms with Crippen LogP contribution in [0.2, 0.25) is 0 Å². The molecule has 1 fully saturated rings. The molecule has 1 unspecified atom stereocenters. The Bertz CT molecular complexity index is 1020. The molecule has 1 atom stereocenters. The number of hydrogen-bond donors (Lipinski definition) is 1. The van der Waals surface area contributed by atoms with Gasteiger partial charge in [-0.3, -0.25) is 14.5 Å². The van der Waals surface area contributed by atoms with Gasteiger partial charge < -0.3 is 10.0 Å². The molecule has 5 nitrogen and oxygen atoms in total. The minimum Gasteiger partial charge on any atom is -0.396 e. The van der Waals surface area contributed by atoms with Crippen LogP contribution in [0.25, 0.3) is 5.57 Å². The fourth-order valence-corrected chi connectivity index (χ4v) is 4.85. The maximum atomic E-state index is 13.3. The molecule has 0 bridgehead atoms. The van der Waals surface area contributed by atoms with E-state index in [1.54, 1.807) is 17.5 Å². The van der Waals surface area contributed by atoms with Crippen LogP contribution in [-0.4, -0.2) is 46.4 Å². The molecule has 0 aliphatic carbocycles. The van der Waals surface area contributed by atoms with Gasteiger partial charge in [-0.25, -0.2) is 0 Å². The highest BCUT2D eigenvalue weighted by Gasteiger charge is 2.43. The molecule has 9 heteroatoms. The number of thiophene rings is 1. The number of amides is 2. The Balaban J connectivity index is 1.67. The maximum absolute atomic E-state index is 13.3. The van der Waals surface area contributed by atoms with Crippen molar-refractivity contribution in [1.82, 2.24) is 9.80 Å². The summed E-state index contributed by atoms with van der Waals surface area (Å²) in [4.78, 5) is 30.1. The highest BCUT2D eigenvalue weighted by atomic mass is 32.1. The average Bonchev–Trinajstić information content (AvgIpc) is 3.36. The van der Waals surface area contributed by atoms with Crippen LogP contribution in [0.4, 0.5) is 13.2 Å². The van der Waals surface area contributed by atoms with E-state index >= 15 is 0 Å². The third-order valence-corrected chi connectivity index (χ3v) is 6.49. The van der Waals surface area contributed by atoms with E-state index in [1.807, 2.05) is 4.90 Å². The quantitative estimate of drug-likeness (QED) is 0.705. The summed E-state index contributed by atoms with van der Waals surface area (Å²) in [5.74, 6) is -1.01. The van der Waals surface area contributed by atoms with E-state index in [4.69, 9.17) is 0 Å². The van der Waals surface area contributed by atoms with Crippen LogP contribution in [-0.2, 0) is 22.3 Å². The molecule has 164 valence electrons. The van der Waals surface area contributed by atoms with Crippen molar-refractivity contribution in [3.63, 3.8) is 0 Å². The van der Waals surface area contributed by atoms with Crippen LogP contribution in [0, 0.1) is 5.92 Å². The molecule has 0 spiro atoms. The Morgan fingerprint density at radius 2 is 1.94 bits per heavy atom. The van der Waals surface area contributed by atoms with Crippen LogP contribution >= 0.6 is 11.3 Å². The molecule has 1 saturated heterocycles. The number of piperidine rings is 1. The monoisotopic (exact) mass is 450 g/mol. The number of aliphatic hydroxyl groups is 1.